The second-order valence-electron chi connectivity index (χ2n) is 8.16. The van der Waals surface area contributed by atoms with Crippen molar-refractivity contribution in [1.29, 1.82) is 0 Å². The predicted octanol–water partition coefficient (Wildman–Crippen LogP) is 2.28. The van der Waals surface area contributed by atoms with Gasteiger partial charge in [0.15, 0.2) is 5.69 Å². The third-order valence-electron chi connectivity index (χ3n) is 5.85. The zero-order chi connectivity index (χ0) is 23.0. The summed E-state index contributed by atoms with van der Waals surface area (Å²) in [5.74, 6) is -0.459. The molecule has 1 aliphatic heterocycles. The van der Waals surface area contributed by atoms with Crippen LogP contribution >= 0.6 is 0 Å². The first kappa shape index (κ1) is 21.6. The van der Waals surface area contributed by atoms with Crippen molar-refractivity contribution in [3.63, 3.8) is 0 Å². The number of morpholine rings is 1. The number of aromatic nitrogens is 3. The number of pyridine rings is 1. The van der Waals surface area contributed by atoms with Gasteiger partial charge in [-0.1, -0.05) is 6.07 Å². The number of anilines is 1. The molecule has 172 valence electrons. The number of nitrogens with zero attached hydrogens (tertiary/aromatic N) is 4. The maximum absolute atomic E-state index is 13.0. The van der Waals surface area contributed by atoms with Gasteiger partial charge in [-0.05, 0) is 36.4 Å². The number of carbonyl (C=O) groups excluding carboxylic acids is 1. The predicted molar refractivity (Wildman–Crippen MR) is 125 cm³/mol. The van der Waals surface area contributed by atoms with E-state index in [4.69, 9.17) is 4.74 Å². The SMILES string of the molecule is CS(=O)(=O)c1nc(C(=O)Nc2ccc3c(ccn3CCN3CCOCC3)c2)c2ccccn12. The average Bonchev–Trinajstić information content (AvgIpc) is 3.40. The van der Waals surface area contributed by atoms with Crippen molar-refractivity contribution < 1.29 is 17.9 Å². The van der Waals surface area contributed by atoms with Crippen molar-refractivity contribution in [2.45, 2.75) is 11.7 Å². The molecular formula is C23H25N5O4S. The van der Waals surface area contributed by atoms with Gasteiger partial charge in [0, 0.05) is 61.4 Å². The molecule has 0 saturated carbocycles. The molecule has 1 fully saturated rings. The molecule has 4 heterocycles. The number of rotatable bonds is 6. The zero-order valence-electron chi connectivity index (χ0n) is 18.3. The van der Waals surface area contributed by atoms with E-state index in [1.165, 1.54) is 4.40 Å². The van der Waals surface area contributed by atoms with E-state index in [1.54, 1.807) is 24.4 Å². The number of hydrogen-bond acceptors (Lipinski definition) is 6. The Balaban J connectivity index is 1.36. The second kappa shape index (κ2) is 8.62. The van der Waals surface area contributed by atoms with Gasteiger partial charge >= 0.3 is 0 Å². The summed E-state index contributed by atoms with van der Waals surface area (Å²) in [6, 6.07) is 12.9. The Hall–Kier alpha value is -3.21. The van der Waals surface area contributed by atoms with Crippen LogP contribution in [0.4, 0.5) is 5.69 Å². The number of amides is 1. The number of carbonyl (C=O) groups is 1. The van der Waals surface area contributed by atoms with Crippen LogP contribution in [0.3, 0.4) is 0 Å². The molecule has 3 aromatic heterocycles. The van der Waals surface area contributed by atoms with Crippen LogP contribution in [0.5, 0.6) is 0 Å². The molecule has 4 aromatic rings. The molecule has 5 rings (SSSR count). The fraction of sp³-hybridized carbons (Fsp3) is 0.304. The highest BCUT2D eigenvalue weighted by atomic mass is 32.2. The minimum atomic E-state index is -3.60. The number of nitrogens with one attached hydrogen (secondary N) is 1. The van der Waals surface area contributed by atoms with Gasteiger partial charge in [-0.15, -0.1) is 0 Å². The fourth-order valence-electron chi connectivity index (χ4n) is 4.18. The van der Waals surface area contributed by atoms with E-state index in [0.29, 0.717) is 11.2 Å². The molecule has 0 unspecified atom stereocenters. The van der Waals surface area contributed by atoms with Gasteiger partial charge in [0.1, 0.15) is 0 Å². The summed E-state index contributed by atoms with van der Waals surface area (Å²) in [6.45, 7) is 5.32. The molecule has 10 heteroatoms. The lowest BCUT2D eigenvalue weighted by atomic mass is 10.2. The van der Waals surface area contributed by atoms with Crippen LogP contribution in [-0.4, -0.2) is 72.3 Å². The highest BCUT2D eigenvalue weighted by molar-refractivity contribution is 7.90. The van der Waals surface area contributed by atoms with Gasteiger partial charge < -0.3 is 14.6 Å². The van der Waals surface area contributed by atoms with Gasteiger partial charge in [0.2, 0.25) is 15.0 Å². The van der Waals surface area contributed by atoms with Crippen LogP contribution in [0.25, 0.3) is 16.4 Å². The summed E-state index contributed by atoms with van der Waals surface area (Å²) in [5.41, 5.74) is 2.22. The summed E-state index contributed by atoms with van der Waals surface area (Å²) in [7, 11) is -3.60. The molecule has 9 nitrogen and oxygen atoms in total. The molecule has 0 radical (unpaired) electrons. The molecule has 1 saturated heterocycles. The monoisotopic (exact) mass is 467 g/mol. The van der Waals surface area contributed by atoms with E-state index in [2.05, 4.69) is 26.0 Å². The van der Waals surface area contributed by atoms with E-state index >= 15 is 0 Å². The summed E-state index contributed by atoms with van der Waals surface area (Å²) >= 11 is 0. The van der Waals surface area contributed by atoms with Crippen molar-refractivity contribution in [3.8, 4) is 0 Å². The summed E-state index contributed by atoms with van der Waals surface area (Å²) < 4.78 is 33.3. The highest BCUT2D eigenvalue weighted by Crippen LogP contribution is 2.23. The Bertz CT molecular complexity index is 1430. The van der Waals surface area contributed by atoms with E-state index in [9.17, 15) is 13.2 Å². The highest BCUT2D eigenvalue weighted by Gasteiger charge is 2.23. The van der Waals surface area contributed by atoms with Crippen molar-refractivity contribution >= 4 is 37.9 Å². The first-order valence-electron chi connectivity index (χ1n) is 10.8. The van der Waals surface area contributed by atoms with Gasteiger partial charge in [-0.3, -0.25) is 14.1 Å². The third kappa shape index (κ3) is 4.37. The molecule has 1 amide bonds. The van der Waals surface area contributed by atoms with Crippen LogP contribution < -0.4 is 5.32 Å². The molecule has 1 N–H and O–H groups in total. The summed E-state index contributed by atoms with van der Waals surface area (Å²) in [5, 5.41) is 3.72. The van der Waals surface area contributed by atoms with E-state index in [0.717, 1.165) is 56.6 Å². The number of hydrogen-bond donors (Lipinski definition) is 1. The lowest BCUT2D eigenvalue weighted by Crippen LogP contribution is -2.38. The van der Waals surface area contributed by atoms with E-state index in [-0.39, 0.29) is 10.9 Å². The van der Waals surface area contributed by atoms with E-state index < -0.39 is 15.7 Å². The molecule has 0 bridgehead atoms. The third-order valence-corrected chi connectivity index (χ3v) is 6.80. The Morgan fingerprint density at radius 2 is 1.88 bits per heavy atom. The number of benzene rings is 1. The molecule has 0 spiro atoms. The van der Waals surface area contributed by atoms with Crippen LogP contribution in [-0.2, 0) is 21.1 Å². The molecular weight excluding hydrogens is 442 g/mol. The normalized spacial score (nSPS) is 15.3. The zero-order valence-corrected chi connectivity index (χ0v) is 19.1. The van der Waals surface area contributed by atoms with Crippen LogP contribution in [0.2, 0.25) is 0 Å². The second-order valence-corrected chi connectivity index (χ2v) is 10.1. The largest absolute Gasteiger partial charge is 0.379 e. The first-order valence-corrected chi connectivity index (χ1v) is 12.7. The van der Waals surface area contributed by atoms with Gasteiger partial charge in [0.05, 0.1) is 18.7 Å². The van der Waals surface area contributed by atoms with Gasteiger partial charge in [-0.2, -0.15) is 0 Å². The maximum Gasteiger partial charge on any atom is 0.276 e. The average molecular weight is 468 g/mol. The van der Waals surface area contributed by atoms with Crippen LogP contribution in [0.1, 0.15) is 10.5 Å². The lowest BCUT2D eigenvalue weighted by molar-refractivity contribution is 0.0365. The molecule has 0 aliphatic carbocycles. The van der Waals surface area contributed by atoms with Crippen molar-refractivity contribution in [2.75, 3.05) is 44.4 Å². The van der Waals surface area contributed by atoms with Crippen LogP contribution in [0.15, 0.2) is 60.0 Å². The number of sulfone groups is 1. The minimum Gasteiger partial charge on any atom is -0.379 e. The van der Waals surface area contributed by atoms with Crippen molar-refractivity contribution in [2.24, 2.45) is 0 Å². The topological polar surface area (TPSA) is 97.9 Å². The van der Waals surface area contributed by atoms with Crippen molar-refractivity contribution in [1.82, 2.24) is 18.9 Å². The maximum atomic E-state index is 13.0. The standard InChI is InChI=1S/C23H25N5O4S/c1-33(30,31)23-25-21(20-4-2-3-8-28(20)23)22(29)24-18-5-6-19-17(16-18)7-9-27(19)11-10-26-12-14-32-15-13-26/h2-9,16H,10-15H2,1H3,(H,24,29). The smallest absolute Gasteiger partial charge is 0.276 e. The molecule has 1 aromatic carbocycles. The van der Waals surface area contributed by atoms with Gasteiger partial charge in [0.25, 0.3) is 5.91 Å². The molecule has 0 atom stereocenters. The van der Waals surface area contributed by atoms with Gasteiger partial charge in [-0.25, -0.2) is 13.4 Å². The van der Waals surface area contributed by atoms with Crippen LogP contribution in [0, 0.1) is 0 Å². The number of imidazole rings is 1. The number of fused-ring (bicyclic) bond motifs is 2. The minimum absolute atomic E-state index is 0.0687. The quantitative estimate of drug-likeness (QED) is 0.467. The Morgan fingerprint density at radius 1 is 1.06 bits per heavy atom. The number of ether oxygens (including phenoxy) is 1. The Kier molecular flexibility index (Phi) is 5.65. The summed E-state index contributed by atoms with van der Waals surface area (Å²) in [6.07, 6.45) is 4.72. The van der Waals surface area contributed by atoms with E-state index in [1.807, 2.05) is 24.3 Å². The molecule has 33 heavy (non-hydrogen) atoms. The molecule has 1 aliphatic rings. The summed E-state index contributed by atoms with van der Waals surface area (Å²) in [4.78, 5) is 19.5. The Morgan fingerprint density at radius 3 is 2.67 bits per heavy atom. The lowest BCUT2D eigenvalue weighted by Gasteiger charge is -2.26. The fourth-order valence-corrected chi connectivity index (χ4v) is 4.95. The first-order chi connectivity index (χ1) is 15.9. The Labute approximate surface area is 191 Å². The van der Waals surface area contributed by atoms with Crippen molar-refractivity contribution in [3.05, 3.63) is 60.6 Å².